The quantitative estimate of drug-likeness (QED) is 0.279. The molecule has 0 N–H and O–H groups in total. The lowest BCUT2D eigenvalue weighted by molar-refractivity contribution is -0.384. The Morgan fingerprint density at radius 2 is 1.96 bits per heavy atom. The molecule has 0 bridgehead atoms. The molecule has 1 fully saturated rings. The molecule has 24 heavy (non-hydrogen) atoms. The van der Waals surface area contributed by atoms with Gasteiger partial charge in [-0.25, -0.2) is 4.79 Å². The van der Waals surface area contributed by atoms with E-state index in [1.807, 2.05) is 0 Å². The summed E-state index contributed by atoms with van der Waals surface area (Å²) in [6.45, 7) is 1.71. The molecule has 1 aliphatic heterocycles. The van der Waals surface area contributed by atoms with Crippen molar-refractivity contribution >= 4 is 23.4 Å². The standard InChI is InChI=1S/C18H20N2O4/c1-24-18(21)9-7-13-6-8-16(17(10-13)20(22)23)19-11-14-4-2-3-5-15(14)12-19/h2-3,6-10,14-15H,4-5,11-12H2,1H3/b9-7+. The zero-order chi connectivity index (χ0) is 17.1. The van der Waals surface area contributed by atoms with E-state index in [2.05, 4.69) is 21.8 Å². The van der Waals surface area contributed by atoms with Crippen molar-refractivity contribution in [1.82, 2.24) is 0 Å². The van der Waals surface area contributed by atoms with Crippen LogP contribution in [0, 0.1) is 22.0 Å². The van der Waals surface area contributed by atoms with Gasteiger partial charge in [0.1, 0.15) is 5.69 Å². The number of nitro benzene ring substituents is 1. The number of nitrogens with zero attached hydrogens (tertiary/aromatic N) is 2. The van der Waals surface area contributed by atoms with E-state index in [4.69, 9.17) is 0 Å². The van der Waals surface area contributed by atoms with Gasteiger partial charge in [-0.1, -0.05) is 18.2 Å². The number of carbonyl (C=O) groups excluding carboxylic acids is 1. The lowest BCUT2D eigenvalue weighted by Gasteiger charge is -2.18. The lowest BCUT2D eigenvalue weighted by atomic mass is 9.86. The normalized spacial score (nSPS) is 22.6. The highest BCUT2D eigenvalue weighted by Crippen LogP contribution is 2.39. The third kappa shape index (κ3) is 3.32. The van der Waals surface area contributed by atoms with Gasteiger partial charge in [0, 0.05) is 25.2 Å². The maximum atomic E-state index is 11.5. The van der Waals surface area contributed by atoms with Crippen LogP contribution >= 0.6 is 0 Å². The van der Waals surface area contributed by atoms with Crippen LogP contribution in [0.5, 0.6) is 0 Å². The summed E-state index contributed by atoms with van der Waals surface area (Å²) >= 11 is 0. The molecule has 6 nitrogen and oxygen atoms in total. The Morgan fingerprint density at radius 3 is 2.54 bits per heavy atom. The van der Waals surface area contributed by atoms with Gasteiger partial charge in [-0.15, -0.1) is 0 Å². The molecule has 2 aliphatic rings. The predicted octanol–water partition coefficient (Wildman–Crippen LogP) is 3.18. The van der Waals surface area contributed by atoms with E-state index in [1.165, 1.54) is 25.3 Å². The molecule has 2 atom stereocenters. The molecule has 0 saturated carbocycles. The highest BCUT2D eigenvalue weighted by molar-refractivity contribution is 5.87. The van der Waals surface area contributed by atoms with Crippen LogP contribution in [0.25, 0.3) is 6.08 Å². The van der Waals surface area contributed by atoms with E-state index in [9.17, 15) is 14.9 Å². The van der Waals surface area contributed by atoms with Crippen LogP contribution < -0.4 is 4.90 Å². The van der Waals surface area contributed by atoms with Crippen molar-refractivity contribution in [3.05, 3.63) is 52.1 Å². The van der Waals surface area contributed by atoms with E-state index >= 15 is 0 Å². The second-order valence-corrected chi connectivity index (χ2v) is 6.23. The average molecular weight is 328 g/mol. The maximum absolute atomic E-state index is 11.5. The zero-order valence-corrected chi connectivity index (χ0v) is 13.6. The second kappa shape index (κ2) is 6.86. The van der Waals surface area contributed by atoms with Crippen LogP contribution in [0.1, 0.15) is 18.4 Å². The number of hydrogen-bond acceptors (Lipinski definition) is 5. The molecule has 2 unspecified atom stereocenters. The van der Waals surface area contributed by atoms with Crippen molar-refractivity contribution in [1.29, 1.82) is 0 Å². The van der Waals surface area contributed by atoms with Crippen LogP contribution in [0.15, 0.2) is 36.4 Å². The number of benzene rings is 1. The van der Waals surface area contributed by atoms with Gasteiger partial charge in [0.25, 0.3) is 5.69 Å². The largest absolute Gasteiger partial charge is 0.466 e. The number of rotatable bonds is 4. The van der Waals surface area contributed by atoms with Crippen LogP contribution in [0.3, 0.4) is 0 Å². The molecule has 0 amide bonds. The number of anilines is 1. The molecule has 126 valence electrons. The minimum absolute atomic E-state index is 0.0774. The molecular weight excluding hydrogens is 308 g/mol. The Kier molecular flexibility index (Phi) is 4.64. The van der Waals surface area contributed by atoms with Gasteiger partial charge in [-0.3, -0.25) is 10.1 Å². The third-order valence-electron chi connectivity index (χ3n) is 4.77. The zero-order valence-electron chi connectivity index (χ0n) is 13.6. The molecular formula is C18H20N2O4. The van der Waals surface area contributed by atoms with E-state index in [1.54, 1.807) is 12.1 Å². The average Bonchev–Trinajstić information content (AvgIpc) is 3.03. The molecule has 0 radical (unpaired) electrons. The molecule has 1 heterocycles. The number of carbonyl (C=O) groups is 1. The molecule has 1 saturated heterocycles. The van der Waals surface area contributed by atoms with Crippen molar-refractivity contribution in [3.8, 4) is 0 Å². The van der Waals surface area contributed by atoms with E-state index in [-0.39, 0.29) is 10.6 Å². The van der Waals surface area contributed by atoms with Crippen molar-refractivity contribution < 1.29 is 14.5 Å². The van der Waals surface area contributed by atoms with Gasteiger partial charge in [-0.2, -0.15) is 0 Å². The smallest absolute Gasteiger partial charge is 0.330 e. The van der Waals surface area contributed by atoms with Crippen molar-refractivity contribution in [2.24, 2.45) is 11.8 Å². The van der Waals surface area contributed by atoms with Crippen molar-refractivity contribution in [3.63, 3.8) is 0 Å². The highest BCUT2D eigenvalue weighted by atomic mass is 16.6. The number of methoxy groups -OCH3 is 1. The summed E-state index contributed by atoms with van der Waals surface area (Å²) in [7, 11) is 1.29. The number of nitro groups is 1. The summed E-state index contributed by atoms with van der Waals surface area (Å²) in [5.74, 6) is 0.667. The Balaban J connectivity index is 1.84. The summed E-state index contributed by atoms with van der Waals surface area (Å²) < 4.78 is 4.54. The molecule has 1 aromatic rings. The van der Waals surface area contributed by atoms with Crippen LogP contribution in [0.2, 0.25) is 0 Å². The summed E-state index contributed by atoms with van der Waals surface area (Å²) in [6.07, 6.45) is 9.30. The first-order chi connectivity index (χ1) is 11.6. The van der Waals surface area contributed by atoms with Crippen molar-refractivity contribution in [2.45, 2.75) is 12.8 Å². The monoisotopic (exact) mass is 328 g/mol. The summed E-state index contributed by atoms with van der Waals surface area (Å²) in [5.41, 5.74) is 1.34. The van der Waals surface area contributed by atoms with E-state index in [0.29, 0.717) is 23.1 Å². The Bertz CT molecular complexity index is 695. The number of hydrogen-bond donors (Lipinski definition) is 0. The van der Waals surface area contributed by atoms with Gasteiger partial charge in [0.15, 0.2) is 0 Å². The molecule has 1 aliphatic carbocycles. The fraction of sp³-hybridized carbons (Fsp3) is 0.389. The Hall–Kier alpha value is -2.63. The maximum Gasteiger partial charge on any atom is 0.330 e. The SMILES string of the molecule is COC(=O)/C=C/c1ccc(N2CC3CC=CCC3C2)c([N+](=O)[O-])c1. The molecule has 1 aromatic carbocycles. The van der Waals surface area contributed by atoms with Gasteiger partial charge in [0.05, 0.1) is 12.0 Å². The third-order valence-corrected chi connectivity index (χ3v) is 4.77. The molecule has 6 heteroatoms. The Morgan fingerprint density at radius 1 is 1.29 bits per heavy atom. The van der Waals surface area contributed by atoms with Gasteiger partial charge in [-0.05, 0) is 42.4 Å². The Labute approximate surface area is 140 Å². The number of allylic oxidation sites excluding steroid dienone is 2. The minimum atomic E-state index is -0.488. The van der Waals surface area contributed by atoms with E-state index in [0.717, 1.165) is 25.9 Å². The lowest BCUT2D eigenvalue weighted by Crippen LogP contribution is -2.21. The van der Waals surface area contributed by atoms with Gasteiger partial charge in [0.2, 0.25) is 0 Å². The molecule has 3 rings (SSSR count). The first kappa shape index (κ1) is 16.2. The first-order valence-electron chi connectivity index (χ1n) is 8.03. The summed E-state index contributed by atoms with van der Waals surface area (Å²) in [5, 5.41) is 11.5. The van der Waals surface area contributed by atoms with Crippen LogP contribution in [0.4, 0.5) is 11.4 Å². The number of esters is 1. The highest BCUT2D eigenvalue weighted by Gasteiger charge is 2.35. The van der Waals surface area contributed by atoms with E-state index < -0.39 is 5.97 Å². The minimum Gasteiger partial charge on any atom is -0.466 e. The first-order valence-corrected chi connectivity index (χ1v) is 8.03. The van der Waals surface area contributed by atoms with Gasteiger partial charge < -0.3 is 9.64 Å². The fourth-order valence-electron chi connectivity index (χ4n) is 3.50. The topological polar surface area (TPSA) is 72.7 Å². The second-order valence-electron chi connectivity index (χ2n) is 6.23. The molecule has 0 spiro atoms. The summed E-state index contributed by atoms with van der Waals surface area (Å²) in [6, 6.07) is 5.08. The summed E-state index contributed by atoms with van der Waals surface area (Å²) in [4.78, 5) is 24.4. The van der Waals surface area contributed by atoms with Gasteiger partial charge >= 0.3 is 5.97 Å². The fourth-order valence-corrected chi connectivity index (χ4v) is 3.50. The number of fused-ring (bicyclic) bond motifs is 1. The van der Waals surface area contributed by atoms with Crippen molar-refractivity contribution in [2.75, 3.05) is 25.1 Å². The molecule has 0 aromatic heterocycles. The predicted molar refractivity (Wildman–Crippen MR) is 91.7 cm³/mol. The van der Waals surface area contributed by atoms with Crippen LogP contribution in [-0.2, 0) is 9.53 Å². The van der Waals surface area contributed by atoms with Crippen LogP contribution in [-0.4, -0.2) is 31.1 Å². The number of ether oxygens (including phenoxy) is 1.